The van der Waals surface area contributed by atoms with Crippen molar-refractivity contribution in [2.75, 3.05) is 7.11 Å². The van der Waals surface area contributed by atoms with E-state index in [4.69, 9.17) is 9.47 Å². The Morgan fingerprint density at radius 3 is 2.45 bits per heavy atom. The number of ether oxygens (including phenoxy) is 2. The van der Waals surface area contributed by atoms with Crippen LogP contribution >= 0.6 is 12.4 Å². The lowest BCUT2D eigenvalue weighted by atomic mass is 10.1. The number of rotatable bonds is 9. The maximum Gasteiger partial charge on any atom is 0.194 e. The second-order valence-electron chi connectivity index (χ2n) is 7.63. The molecular formula is C25H28ClN5O2. The number of halogens is 1. The van der Waals surface area contributed by atoms with Gasteiger partial charge in [0, 0.05) is 12.6 Å². The molecule has 1 N–H and O–H groups in total. The van der Waals surface area contributed by atoms with Crippen LogP contribution in [0.15, 0.2) is 72.8 Å². The fourth-order valence-corrected chi connectivity index (χ4v) is 3.40. The molecule has 1 heterocycles. The van der Waals surface area contributed by atoms with E-state index in [2.05, 4.69) is 52.0 Å². The fraction of sp³-hybridized carbons (Fsp3) is 0.240. The Hall–Kier alpha value is -3.42. The second kappa shape index (κ2) is 11.4. The first-order chi connectivity index (χ1) is 15.6. The van der Waals surface area contributed by atoms with E-state index in [1.165, 1.54) is 11.1 Å². The van der Waals surface area contributed by atoms with E-state index >= 15 is 0 Å². The normalized spacial score (nSPS) is 11.5. The second-order valence-corrected chi connectivity index (χ2v) is 7.63. The number of methoxy groups -OCH3 is 1. The fourth-order valence-electron chi connectivity index (χ4n) is 3.40. The Bertz CT molecular complexity index is 1150. The maximum absolute atomic E-state index is 6.00. The number of hydrogen-bond acceptors (Lipinski definition) is 6. The number of tetrazole rings is 1. The summed E-state index contributed by atoms with van der Waals surface area (Å²) < 4.78 is 13.2. The highest BCUT2D eigenvalue weighted by Crippen LogP contribution is 2.29. The van der Waals surface area contributed by atoms with Crippen LogP contribution in [0.2, 0.25) is 0 Å². The lowest BCUT2D eigenvalue weighted by Crippen LogP contribution is -2.18. The van der Waals surface area contributed by atoms with Gasteiger partial charge in [0.15, 0.2) is 23.9 Å². The Morgan fingerprint density at radius 1 is 0.970 bits per heavy atom. The van der Waals surface area contributed by atoms with Crippen LogP contribution < -0.4 is 14.8 Å². The number of nitrogens with one attached hydrogen (secondary N) is 1. The highest BCUT2D eigenvalue weighted by atomic mass is 35.5. The van der Waals surface area contributed by atoms with Gasteiger partial charge in [-0.1, -0.05) is 54.1 Å². The zero-order valence-corrected chi connectivity index (χ0v) is 19.7. The highest BCUT2D eigenvalue weighted by Gasteiger charge is 2.12. The molecule has 0 saturated carbocycles. The van der Waals surface area contributed by atoms with Crippen LogP contribution in [-0.2, 0) is 13.2 Å². The Balaban J connectivity index is 0.00000306. The Labute approximate surface area is 200 Å². The summed E-state index contributed by atoms with van der Waals surface area (Å²) in [6.45, 7) is 5.14. The summed E-state index contributed by atoms with van der Waals surface area (Å²) in [7, 11) is 1.64. The van der Waals surface area contributed by atoms with Gasteiger partial charge < -0.3 is 14.8 Å². The first-order valence-electron chi connectivity index (χ1n) is 10.6. The summed E-state index contributed by atoms with van der Waals surface area (Å²) in [5, 5.41) is 15.5. The van der Waals surface area contributed by atoms with Gasteiger partial charge in [-0.15, -0.1) is 17.5 Å². The van der Waals surface area contributed by atoms with Crippen LogP contribution in [0.5, 0.6) is 11.5 Å². The largest absolute Gasteiger partial charge is 0.493 e. The first-order valence-corrected chi connectivity index (χ1v) is 10.6. The monoisotopic (exact) mass is 465 g/mol. The van der Waals surface area contributed by atoms with E-state index in [-0.39, 0.29) is 25.1 Å². The van der Waals surface area contributed by atoms with Crippen molar-refractivity contribution in [2.45, 2.75) is 33.0 Å². The van der Waals surface area contributed by atoms with Crippen molar-refractivity contribution in [3.8, 4) is 17.2 Å². The van der Waals surface area contributed by atoms with Gasteiger partial charge >= 0.3 is 0 Å². The molecule has 0 aliphatic heterocycles. The molecule has 4 rings (SSSR count). The molecular weight excluding hydrogens is 438 g/mol. The van der Waals surface area contributed by atoms with Crippen molar-refractivity contribution in [1.82, 2.24) is 25.5 Å². The lowest BCUT2D eigenvalue weighted by Gasteiger charge is -2.16. The molecule has 33 heavy (non-hydrogen) atoms. The molecule has 0 fully saturated rings. The van der Waals surface area contributed by atoms with Gasteiger partial charge in [0.1, 0.15) is 0 Å². The third-order valence-corrected chi connectivity index (χ3v) is 5.31. The topological polar surface area (TPSA) is 74.1 Å². The van der Waals surface area contributed by atoms with Gasteiger partial charge in [0.25, 0.3) is 0 Å². The molecule has 1 unspecified atom stereocenters. The van der Waals surface area contributed by atoms with Crippen molar-refractivity contribution in [1.29, 1.82) is 0 Å². The van der Waals surface area contributed by atoms with Crippen LogP contribution in [0.4, 0.5) is 0 Å². The zero-order chi connectivity index (χ0) is 22.3. The number of benzene rings is 3. The standard InChI is InChI=1S/C25H27N5O2.ClH/c1-18-9-12-22(13-10-18)30-25(27-28-29-30)17-32-23-14-11-20(15-24(23)31-3)16-26-19(2)21-7-5-4-6-8-21;/h4-15,19,26H,16-17H2,1-3H3;1H. The molecule has 0 radical (unpaired) electrons. The van der Waals surface area contributed by atoms with E-state index in [1.54, 1.807) is 11.8 Å². The first kappa shape index (κ1) is 24.2. The quantitative estimate of drug-likeness (QED) is 0.381. The predicted octanol–water partition coefficient (Wildman–Crippen LogP) is 4.83. The molecule has 0 bridgehead atoms. The minimum absolute atomic E-state index is 0. The van der Waals surface area contributed by atoms with Gasteiger partial charge in [-0.3, -0.25) is 0 Å². The maximum atomic E-state index is 6.00. The molecule has 0 aliphatic rings. The number of aryl methyl sites for hydroxylation is 1. The number of nitrogens with zero attached hydrogens (tertiary/aromatic N) is 4. The molecule has 0 saturated heterocycles. The summed E-state index contributed by atoms with van der Waals surface area (Å²) in [6.07, 6.45) is 0. The van der Waals surface area contributed by atoms with Gasteiger partial charge in [0.05, 0.1) is 12.8 Å². The van der Waals surface area contributed by atoms with Crippen LogP contribution in [0.1, 0.15) is 35.5 Å². The van der Waals surface area contributed by atoms with Gasteiger partial charge in [-0.05, 0) is 59.7 Å². The van der Waals surface area contributed by atoms with Gasteiger partial charge in [-0.2, -0.15) is 4.68 Å². The van der Waals surface area contributed by atoms with Crippen molar-refractivity contribution >= 4 is 12.4 Å². The molecule has 0 aliphatic carbocycles. The third-order valence-electron chi connectivity index (χ3n) is 5.31. The van der Waals surface area contributed by atoms with E-state index < -0.39 is 0 Å². The van der Waals surface area contributed by atoms with Crippen LogP contribution in [0, 0.1) is 6.92 Å². The summed E-state index contributed by atoms with van der Waals surface area (Å²) in [5.74, 6) is 1.93. The Morgan fingerprint density at radius 2 is 1.73 bits per heavy atom. The Kier molecular flexibility index (Phi) is 8.40. The summed E-state index contributed by atoms with van der Waals surface area (Å²) >= 11 is 0. The van der Waals surface area contributed by atoms with Crippen LogP contribution in [-0.4, -0.2) is 27.3 Å². The molecule has 4 aromatic rings. The average molecular weight is 466 g/mol. The average Bonchev–Trinajstić information content (AvgIpc) is 3.31. The van der Waals surface area contributed by atoms with E-state index in [1.807, 2.05) is 55.5 Å². The molecule has 0 amide bonds. The van der Waals surface area contributed by atoms with Crippen molar-refractivity contribution in [3.63, 3.8) is 0 Å². The van der Waals surface area contributed by atoms with E-state index in [0.717, 1.165) is 17.8 Å². The molecule has 7 nitrogen and oxygen atoms in total. The van der Waals surface area contributed by atoms with E-state index in [0.29, 0.717) is 17.3 Å². The van der Waals surface area contributed by atoms with Crippen LogP contribution in [0.3, 0.4) is 0 Å². The number of aromatic nitrogens is 4. The minimum atomic E-state index is 0. The van der Waals surface area contributed by atoms with Crippen molar-refractivity contribution in [3.05, 3.63) is 95.3 Å². The molecule has 0 spiro atoms. The predicted molar refractivity (Wildman–Crippen MR) is 130 cm³/mol. The third kappa shape index (κ3) is 6.09. The lowest BCUT2D eigenvalue weighted by molar-refractivity contribution is 0.273. The summed E-state index contributed by atoms with van der Waals surface area (Å²) in [4.78, 5) is 0. The van der Waals surface area contributed by atoms with Gasteiger partial charge in [-0.25, -0.2) is 0 Å². The van der Waals surface area contributed by atoms with Crippen LogP contribution in [0.25, 0.3) is 5.69 Å². The molecule has 1 aromatic heterocycles. The SMILES string of the molecule is COc1cc(CNC(C)c2ccccc2)ccc1OCc1nnnn1-c1ccc(C)cc1.Cl. The minimum Gasteiger partial charge on any atom is -0.493 e. The zero-order valence-electron chi connectivity index (χ0n) is 18.9. The molecule has 3 aromatic carbocycles. The summed E-state index contributed by atoms with van der Waals surface area (Å²) in [5.41, 5.74) is 4.43. The van der Waals surface area contributed by atoms with E-state index in [9.17, 15) is 0 Å². The summed E-state index contributed by atoms with van der Waals surface area (Å²) in [6, 6.07) is 24.6. The smallest absolute Gasteiger partial charge is 0.194 e. The highest BCUT2D eigenvalue weighted by molar-refractivity contribution is 5.85. The molecule has 172 valence electrons. The van der Waals surface area contributed by atoms with Crippen molar-refractivity contribution in [2.24, 2.45) is 0 Å². The molecule has 8 heteroatoms. The number of hydrogen-bond donors (Lipinski definition) is 1. The molecule has 1 atom stereocenters. The van der Waals surface area contributed by atoms with Gasteiger partial charge in [0.2, 0.25) is 0 Å². The van der Waals surface area contributed by atoms with Crippen molar-refractivity contribution < 1.29 is 9.47 Å².